The van der Waals surface area contributed by atoms with E-state index < -0.39 is 23.2 Å². The van der Waals surface area contributed by atoms with Crippen LogP contribution in [0.5, 0.6) is 0 Å². The molecule has 0 spiro atoms. The number of rotatable bonds is 4. The molecule has 0 aromatic carbocycles. The van der Waals surface area contributed by atoms with Crippen LogP contribution in [0.4, 0.5) is 13.2 Å². The molecule has 1 aromatic rings. The summed E-state index contributed by atoms with van der Waals surface area (Å²) in [6.45, 7) is 3.82. The Bertz CT molecular complexity index is 831. The summed E-state index contributed by atoms with van der Waals surface area (Å²) in [5.74, 6) is -0.837. The van der Waals surface area contributed by atoms with E-state index in [4.69, 9.17) is 5.26 Å². The van der Waals surface area contributed by atoms with Crippen molar-refractivity contribution >= 4 is 11.7 Å². The van der Waals surface area contributed by atoms with E-state index in [0.717, 1.165) is 10.7 Å². The first kappa shape index (κ1) is 20.7. The number of hydrogen-bond donors (Lipinski definition) is 0. The van der Waals surface area contributed by atoms with E-state index >= 15 is 0 Å². The van der Waals surface area contributed by atoms with E-state index in [1.54, 1.807) is 19.9 Å². The van der Waals surface area contributed by atoms with Crippen LogP contribution < -0.4 is 0 Å². The number of Topliss-reactive ketones (excluding diaryl/α,β-unsaturated/α-hetero) is 1. The van der Waals surface area contributed by atoms with Crippen molar-refractivity contribution in [3.05, 3.63) is 29.1 Å². The molecule has 0 saturated carbocycles. The van der Waals surface area contributed by atoms with Crippen LogP contribution >= 0.6 is 0 Å². The Balaban J connectivity index is 2.08. The molecule has 0 fully saturated rings. The van der Waals surface area contributed by atoms with Gasteiger partial charge < -0.3 is 4.90 Å². The van der Waals surface area contributed by atoms with Gasteiger partial charge in [-0.25, -0.2) is 0 Å². The first-order valence-electron chi connectivity index (χ1n) is 8.40. The van der Waals surface area contributed by atoms with Gasteiger partial charge in [-0.05, 0) is 18.8 Å². The topological polar surface area (TPSA) is 79.0 Å². The van der Waals surface area contributed by atoms with Crippen LogP contribution in [0.25, 0.3) is 0 Å². The molecule has 0 bridgehead atoms. The van der Waals surface area contributed by atoms with Crippen LogP contribution in [0.1, 0.15) is 42.9 Å². The third kappa shape index (κ3) is 4.38. The second-order valence-corrected chi connectivity index (χ2v) is 7.42. The smallest absolute Gasteiger partial charge is 0.340 e. The third-order valence-electron chi connectivity index (χ3n) is 4.73. The zero-order valence-electron chi connectivity index (χ0n) is 15.6. The van der Waals surface area contributed by atoms with Gasteiger partial charge in [-0.1, -0.05) is 19.9 Å². The summed E-state index contributed by atoms with van der Waals surface area (Å²) in [5, 5.41) is 12.5. The number of nitrogens with zero attached hydrogens (tertiary/aromatic N) is 4. The molecule has 1 aliphatic carbocycles. The molecular weight excluding hydrogens is 361 g/mol. The molecule has 9 heteroatoms. The molecule has 0 radical (unpaired) electrons. The quantitative estimate of drug-likeness (QED) is 0.802. The summed E-state index contributed by atoms with van der Waals surface area (Å²) >= 11 is 0. The van der Waals surface area contributed by atoms with Gasteiger partial charge in [0.15, 0.2) is 11.5 Å². The van der Waals surface area contributed by atoms with Gasteiger partial charge in [0.05, 0.1) is 5.57 Å². The number of aryl methyl sites for hydroxylation is 1. The Hall–Kier alpha value is -2.63. The predicted octanol–water partition coefficient (Wildman–Crippen LogP) is 2.97. The maximum atomic E-state index is 12.8. The Kier molecular flexibility index (Phi) is 5.50. The van der Waals surface area contributed by atoms with Gasteiger partial charge in [0.25, 0.3) is 5.91 Å². The summed E-state index contributed by atoms with van der Waals surface area (Å²) in [7, 11) is 2.78. The van der Waals surface area contributed by atoms with Gasteiger partial charge in [-0.3, -0.25) is 14.3 Å². The molecule has 1 aliphatic rings. The second kappa shape index (κ2) is 7.18. The zero-order chi connectivity index (χ0) is 20.6. The van der Waals surface area contributed by atoms with Gasteiger partial charge in [-0.15, -0.1) is 0 Å². The molecule has 1 amide bonds. The number of halogens is 3. The van der Waals surface area contributed by atoms with Gasteiger partial charge in [0, 0.05) is 32.1 Å². The van der Waals surface area contributed by atoms with Crippen molar-refractivity contribution in [2.24, 2.45) is 18.4 Å². The highest BCUT2D eigenvalue weighted by atomic mass is 19.4. The molecule has 146 valence electrons. The number of alkyl halides is 3. The lowest BCUT2D eigenvalue weighted by molar-refractivity contribution is -0.141. The maximum absolute atomic E-state index is 12.8. The van der Waals surface area contributed by atoms with E-state index in [9.17, 15) is 22.8 Å². The molecular formula is C18H21F3N4O2. The predicted molar refractivity (Wildman–Crippen MR) is 90.4 cm³/mol. The summed E-state index contributed by atoms with van der Waals surface area (Å²) in [6, 6.07) is 2.64. The van der Waals surface area contributed by atoms with Crippen LogP contribution in [0.3, 0.4) is 0 Å². The molecule has 1 heterocycles. The Morgan fingerprint density at radius 1 is 1.48 bits per heavy atom. The minimum Gasteiger partial charge on any atom is -0.340 e. The molecule has 6 nitrogen and oxygen atoms in total. The van der Waals surface area contributed by atoms with E-state index in [-0.39, 0.29) is 29.5 Å². The molecule has 0 aliphatic heterocycles. The van der Waals surface area contributed by atoms with E-state index in [0.29, 0.717) is 12.8 Å². The molecule has 0 saturated heterocycles. The van der Waals surface area contributed by atoms with Crippen molar-refractivity contribution in [3.8, 4) is 6.07 Å². The van der Waals surface area contributed by atoms with Crippen molar-refractivity contribution in [2.75, 3.05) is 13.6 Å². The van der Waals surface area contributed by atoms with Crippen LogP contribution in [0.15, 0.2) is 17.7 Å². The van der Waals surface area contributed by atoms with Crippen molar-refractivity contribution in [1.82, 2.24) is 14.7 Å². The van der Waals surface area contributed by atoms with Gasteiger partial charge in [0.2, 0.25) is 0 Å². The lowest BCUT2D eigenvalue weighted by Crippen LogP contribution is -2.35. The third-order valence-corrected chi connectivity index (χ3v) is 4.73. The first-order valence-corrected chi connectivity index (χ1v) is 8.40. The zero-order valence-corrected chi connectivity index (χ0v) is 15.6. The van der Waals surface area contributed by atoms with Crippen molar-refractivity contribution in [3.63, 3.8) is 0 Å². The number of allylic oxidation sites excluding steroid dienone is 2. The minimum atomic E-state index is -4.62. The highest BCUT2D eigenvalue weighted by Gasteiger charge is 2.38. The van der Waals surface area contributed by atoms with Crippen LogP contribution in [-0.4, -0.2) is 40.0 Å². The van der Waals surface area contributed by atoms with Gasteiger partial charge in [0.1, 0.15) is 11.8 Å². The number of hydrogen-bond acceptors (Lipinski definition) is 4. The lowest BCUT2D eigenvalue weighted by atomic mass is 9.71. The van der Waals surface area contributed by atoms with Crippen molar-refractivity contribution in [1.29, 1.82) is 5.26 Å². The summed E-state index contributed by atoms with van der Waals surface area (Å²) in [6.07, 6.45) is -1.96. The van der Waals surface area contributed by atoms with E-state index in [1.807, 2.05) is 6.07 Å². The summed E-state index contributed by atoms with van der Waals surface area (Å²) in [5.41, 5.74) is -1.81. The molecule has 0 unspecified atom stereocenters. The number of nitriles is 1. The lowest BCUT2D eigenvalue weighted by Gasteiger charge is -2.32. The maximum Gasteiger partial charge on any atom is 0.435 e. The number of carbonyl (C=O) groups is 2. The highest BCUT2D eigenvalue weighted by molar-refractivity contribution is 6.03. The standard InChI is InChI=1S/C18H21F3N4O2/c1-17(2)9-11(7-12(10-22)15(17)26)5-6-24(3)16(27)13-8-14(18(19,20)21)23-25(13)4/h7-8,11H,5-6,9H2,1-4H3/t11-/m1/s1. The first-order chi connectivity index (χ1) is 12.4. The highest BCUT2D eigenvalue weighted by Crippen LogP contribution is 2.36. The molecule has 1 atom stereocenters. The molecule has 2 rings (SSSR count). The van der Waals surface area contributed by atoms with E-state index in [1.165, 1.54) is 19.0 Å². The fourth-order valence-electron chi connectivity index (χ4n) is 3.22. The summed E-state index contributed by atoms with van der Waals surface area (Å²) < 4.78 is 39.2. The van der Waals surface area contributed by atoms with Crippen LogP contribution in [0.2, 0.25) is 0 Å². The number of carbonyl (C=O) groups excluding carboxylic acids is 2. The largest absolute Gasteiger partial charge is 0.435 e. The molecule has 0 N–H and O–H groups in total. The average molecular weight is 382 g/mol. The number of aromatic nitrogens is 2. The van der Waals surface area contributed by atoms with Crippen molar-refractivity contribution in [2.45, 2.75) is 32.9 Å². The fraction of sp³-hybridized carbons (Fsp3) is 0.556. The van der Waals surface area contributed by atoms with Crippen LogP contribution in [0, 0.1) is 22.7 Å². The number of amides is 1. The van der Waals surface area contributed by atoms with Gasteiger partial charge in [-0.2, -0.15) is 23.5 Å². The van der Waals surface area contributed by atoms with E-state index in [2.05, 4.69) is 5.10 Å². The monoisotopic (exact) mass is 382 g/mol. The fourth-order valence-corrected chi connectivity index (χ4v) is 3.22. The Morgan fingerprint density at radius 2 is 2.11 bits per heavy atom. The molecule has 1 aromatic heterocycles. The van der Waals surface area contributed by atoms with Gasteiger partial charge >= 0.3 is 6.18 Å². The number of ketones is 1. The van der Waals surface area contributed by atoms with Crippen molar-refractivity contribution < 1.29 is 22.8 Å². The summed E-state index contributed by atoms with van der Waals surface area (Å²) in [4.78, 5) is 25.9. The molecule has 27 heavy (non-hydrogen) atoms. The Morgan fingerprint density at radius 3 is 2.63 bits per heavy atom. The SMILES string of the molecule is CN(CC[C@@H]1C=C(C#N)C(=O)C(C)(C)C1)C(=O)c1cc(C(F)(F)F)nn1C. The van der Waals surface area contributed by atoms with Crippen LogP contribution in [-0.2, 0) is 18.0 Å². The normalized spacial score (nSPS) is 19.4. The Labute approximate surface area is 155 Å². The average Bonchev–Trinajstić information content (AvgIpc) is 2.96. The second-order valence-electron chi connectivity index (χ2n) is 7.42. The minimum absolute atomic E-state index is 0.0696.